The highest BCUT2D eigenvalue weighted by molar-refractivity contribution is 6.46. The zero-order valence-corrected chi connectivity index (χ0v) is 19.6. The van der Waals surface area contributed by atoms with Crippen molar-refractivity contribution in [1.29, 1.82) is 0 Å². The number of aliphatic hydroxyl groups is 1. The quantitative estimate of drug-likeness (QED) is 0.315. The lowest BCUT2D eigenvalue weighted by Gasteiger charge is -2.26. The van der Waals surface area contributed by atoms with E-state index in [1.54, 1.807) is 24.3 Å². The molecule has 1 aliphatic rings. The zero-order valence-electron chi connectivity index (χ0n) is 19.6. The van der Waals surface area contributed by atoms with Crippen molar-refractivity contribution >= 4 is 23.1 Å². The molecule has 6 nitrogen and oxygen atoms in total. The van der Waals surface area contributed by atoms with Gasteiger partial charge in [0.1, 0.15) is 11.5 Å². The number of amides is 1. The number of likely N-dealkylation sites (tertiary alicyclic amines) is 1. The number of anilines is 1. The van der Waals surface area contributed by atoms with Gasteiger partial charge in [-0.15, -0.1) is 0 Å². The van der Waals surface area contributed by atoms with E-state index >= 15 is 0 Å². The van der Waals surface area contributed by atoms with Gasteiger partial charge in [0, 0.05) is 31.9 Å². The van der Waals surface area contributed by atoms with E-state index in [9.17, 15) is 14.7 Å². The number of hydrogen-bond acceptors (Lipinski definition) is 5. The van der Waals surface area contributed by atoms with E-state index in [4.69, 9.17) is 4.74 Å². The molecule has 1 atom stereocenters. The van der Waals surface area contributed by atoms with Crippen LogP contribution in [0.3, 0.4) is 0 Å². The lowest BCUT2D eigenvalue weighted by Crippen LogP contribution is -2.29. The summed E-state index contributed by atoms with van der Waals surface area (Å²) < 4.78 is 5.48. The predicted octanol–water partition coefficient (Wildman–Crippen LogP) is 4.77. The number of nitrogens with zero attached hydrogens (tertiary/aromatic N) is 2. The van der Waals surface area contributed by atoms with Gasteiger partial charge in [-0.05, 0) is 54.4 Å². The van der Waals surface area contributed by atoms with Gasteiger partial charge in [-0.25, -0.2) is 0 Å². The molecular formula is C28H28N2O4. The van der Waals surface area contributed by atoms with Gasteiger partial charge in [-0.3, -0.25) is 9.59 Å². The molecule has 1 aliphatic heterocycles. The lowest BCUT2D eigenvalue weighted by atomic mass is 9.95. The fraction of sp³-hybridized carbons (Fsp3) is 0.214. The molecular weight excluding hydrogens is 428 g/mol. The van der Waals surface area contributed by atoms with E-state index in [0.29, 0.717) is 17.9 Å². The van der Waals surface area contributed by atoms with Crippen molar-refractivity contribution in [2.75, 3.05) is 25.6 Å². The molecule has 0 aromatic heterocycles. The van der Waals surface area contributed by atoms with Crippen molar-refractivity contribution in [2.45, 2.75) is 19.5 Å². The summed E-state index contributed by atoms with van der Waals surface area (Å²) in [5, 5.41) is 11.2. The minimum atomic E-state index is -0.706. The summed E-state index contributed by atoms with van der Waals surface area (Å²) >= 11 is 0. The second kappa shape index (κ2) is 9.83. The lowest BCUT2D eigenvalue weighted by molar-refractivity contribution is -0.140. The maximum absolute atomic E-state index is 13.2. The van der Waals surface area contributed by atoms with Crippen molar-refractivity contribution < 1.29 is 19.4 Å². The van der Waals surface area contributed by atoms with Crippen LogP contribution in [-0.4, -0.2) is 42.4 Å². The normalized spacial score (nSPS) is 17.1. The van der Waals surface area contributed by atoms with E-state index in [1.807, 2.05) is 80.5 Å². The Labute approximate surface area is 199 Å². The summed E-state index contributed by atoms with van der Waals surface area (Å²) in [7, 11) is 3.89. The average molecular weight is 457 g/mol. The monoisotopic (exact) mass is 456 g/mol. The highest BCUT2D eigenvalue weighted by Crippen LogP contribution is 2.40. The topological polar surface area (TPSA) is 70.1 Å². The number of carbonyl (C=O) groups excluding carboxylic acids is 2. The number of carbonyl (C=O) groups is 2. The van der Waals surface area contributed by atoms with Crippen molar-refractivity contribution in [3.63, 3.8) is 0 Å². The molecule has 1 saturated heterocycles. The van der Waals surface area contributed by atoms with Crippen LogP contribution in [0.4, 0.5) is 5.69 Å². The first-order chi connectivity index (χ1) is 16.4. The van der Waals surface area contributed by atoms with Gasteiger partial charge in [0.2, 0.25) is 0 Å². The average Bonchev–Trinajstić information content (AvgIpc) is 3.10. The molecule has 0 radical (unpaired) electrons. The summed E-state index contributed by atoms with van der Waals surface area (Å²) in [5.74, 6) is -0.847. The highest BCUT2D eigenvalue weighted by atomic mass is 16.5. The molecule has 0 saturated carbocycles. The molecule has 0 spiro atoms. The molecule has 3 aromatic rings. The first-order valence-corrected chi connectivity index (χ1v) is 11.2. The fourth-order valence-corrected chi connectivity index (χ4v) is 4.16. The molecule has 174 valence electrons. The maximum Gasteiger partial charge on any atom is 0.295 e. The second-order valence-corrected chi connectivity index (χ2v) is 8.36. The summed E-state index contributed by atoms with van der Waals surface area (Å²) in [6.45, 7) is 2.67. The van der Waals surface area contributed by atoms with Gasteiger partial charge in [-0.2, -0.15) is 0 Å². The van der Waals surface area contributed by atoms with Gasteiger partial charge in [0.25, 0.3) is 11.7 Å². The number of ketones is 1. The Morgan fingerprint density at radius 2 is 1.59 bits per heavy atom. The Bertz CT molecular complexity index is 1200. The maximum atomic E-state index is 13.2. The first kappa shape index (κ1) is 23.1. The molecule has 34 heavy (non-hydrogen) atoms. The largest absolute Gasteiger partial charge is 0.507 e. The number of rotatable bonds is 7. The number of Topliss-reactive ketones (excluding diaryl/α,β-unsaturated/α-hetero) is 1. The van der Waals surface area contributed by atoms with Crippen molar-refractivity contribution in [2.24, 2.45) is 0 Å². The minimum absolute atomic E-state index is 0.0858. The smallest absolute Gasteiger partial charge is 0.295 e. The predicted molar refractivity (Wildman–Crippen MR) is 133 cm³/mol. The number of benzene rings is 3. The van der Waals surface area contributed by atoms with Gasteiger partial charge in [0.15, 0.2) is 0 Å². The van der Waals surface area contributed by atoms with Crippen molar-refractivity contribution in [3.05, 3.63) is 101 Å². The minimum Gasteiger partial charge on any atom is -0.507 e. The summed E-state index contributed by atoms with van der Waals surface area (Å²) in [4.78, 5) is 29.9. The Morgan fingerprint density at radius 3 is 2.18 bits per heavy atom. The molecule has 1 fully saturated rings. The number of ether oxygens (including phenoxy) is 1. The standard InChI is InChI=1S/C28H28N2O4/c1-4-34-23-16-12-21(13-17-23)26(31)24-25(20-10-14-22(15-11-20)29(2)3)30(28(33)27(24)32)18-19-8-6-5-7-9-19/h5-17,25,31H,4,18H2,1-3H3. The van der Waals surface area contributed by atoms with Crippen LogP contribution in [0.1, 0.15) is 29.7 Å². The van der Waals surface area contributed by atoms with Crippen LogP contribution in [-0.2, 0) is 16.1 Å². The van der Waals surface area contributed by atoms with Crippen molar-refractivity contribution in [1.82, 2.24) is 4.90 Å². The number of hydrogen-bond donors (Lipinski definition) is 1. The van der Waals surface area contributed by atoms with Gasteiger partial charge < -0.3 is 19.6 Å². The zero-order chi connectivity index (χ0) is 24.2. The molecule has 1 unspecified atom stereocenters. The third-order valence-corrected chi connectivity index (χ3v) is 5.90. The third kappa shape index (κ3) is 4.53. The van der Waals surface area contributed by atoms with E-state index in [2.05, 4.69) is 0 Å². The molecule has 1 amide bonds. The van der Waals surface area contributed by atoms with Crippen LogP contribution in [0.5, 0.6) is 5.75 Å². The first-order valence-electron chi connectivity index (χ1n) is 11.2. The fourth-order valence-electron chi connectivity index (χ4n) is 4.16. The van der Waals surface area contributed by atoms with E-state index in [0.717, 1.165) is 16.8 Å². The Balaban J connectivity index is 1.81. The summed E-state index contributed by atoms with van der Waals surface area (Å²) in [6.07, 6.45) is 0. The molecule has 1 heterocycles. The Kier molecular flexibility index (Phi) is 6.68. The van der Waals surface area contributed by atoms with Crippen molar-refractivity contribution in [3.8, 4) is 5.75 Å². The molecule has 0 aliphatic carbocycles. The van der Waals surface area contributed by atoms with E-state index < -0.39 is 17.7 Å². The van der Waals surface area contributed by atoms with Crippen LogP contribution in [0.15, 0.2) is 84.4 Å². The number of aliphatic hydroxyl groups excluding tert-OH is 1. The summed E-state index contributed by atoms with van der Waals surface area (Å²) in [6, 6.07) is 23.3. The van der Waals surface area contributed by atoms with Crippen LogP contribution in [0.25, 0.3) is 5.76 Å². The van der Waals surface area contributed by atoms with Gasteiger partial charge in [-0.1, -0.05) is 42.5 Å². The second-order valence-electron chi connectivity index (χ2n) is 8.36. The Morgan fingerprint density at radius 1 is 0.941 bits per heavy atom. The molecule has 6 heteroatoms. The van der Waals surface area contributed by atoms with Crippen LogP contribution >= 0.6 is 0 Å². The molecule has 3 aromatic carbocycles. The Hall–Kier alpha value is -4.06. The van der Waals surface area contributed by atoms with E-state index in [1.165, 1.54) is 4.90 Å². The highest BCUT2D eigenvalue weighted by Gasteiger charge is 2.46. The third-order valence-electron chi connectivity index (χ3n) is 5.90. The van der Waals surface area contributed by atoms with Crippen LogP contribution in [0.2, 0.25) is 0 Å². The van der Waals surface area contributed by atoms with Crippen LogP contribution < -0.4 is 9.64 Å². The SMILES string of the molecule is CCOc1ccc(C(O)=C2C(=O)C(=O)N(Cc3ccccc3)C2c2ccc(N(C)C)cc2)cc1. The van der Waals surface area contributed by atoms with E-state index in [-0.39, 0.29) is 17.9 Å². The molecule has 4 rings (SSSR count). The summed E-state index contributed by atoms with van der Waals surface area (Å²) in [5.41, 5.74) is 3.20. The van der Waals surface area contributed by atoms with Gasteiger partial charge >= 0.3 is 0 Å². The van der Waals surface area contributed by atoms with Gasteiger partial charge in [0.05, 0.1) is 18.2 Å². The van der Waals surface area contributed by atoms with Crippen LogP contribution in [0, 0.1) is 0 Å². The molecule has 1 N–H and O–H groups in total. The molecule has 0 bridgehead atoms.